The van der Waals surface area contributed by atoms with E-state index >= 15 is 0 Å². The third kappa shape index (κ3) is 4.58. The fraction of sp³-hybridized carbons (Fsp3) is 0.833. The summed E-state index contributed by atoms with van der Waals surface area (Å²) in [4.78, 5) is 16.4. The molecule has 2 aliphatic rings. The van der Waals surface area contributed by atoms with E-state index in [2.05, 4.69) is 26.7 Å². The first-order valence-electron chi connectivity index (χ1n) is 9.77. The molecule has 2 saturated heterocycles. The number of piperidine rings is 1. The molecule has 0 bridgehead atoms. The Morgan fingerprint density at radius 3 is 2.40 bits per heavy atom. The Bertz CT molecular complexity index is 556. The van der Waals surface area contributed by atoms with Crippen molar-refractivity contribution in [2.45, 2.75) is 57.4 Å². The molecule has 0 radical (unpaired) electrons. The predicted octanol–water partition coefficient (Wildman–Crippen LogP) is 1.25. The highest BCUT2D eigenvalue weighted by molar-refractivity contribution is 5.76. The first kappa shape index (κ1) is 18.3. The molecular formula is C18H32N6O. The average Bonchev–Trinajstić information content (AvgIpc) is 2.83. The van der Waals surface area contributed by atoms with Gasteiger partial charge in [0, 0.05) is 39.0 Å². The van der Waals surface area contributed by atoms with Gasteiger partial charge in [0.1, 0.15) is 11.6 Å². The van der Waals surface area contributed by atoms with Gasteiger partial charge in [-0.25, -0.2) is 0 Å². The number of aromatic nitrogens is 3. The zero-order valence-electron chi connectivity index (χ0n) is 15.5. The number of nitrogens with two attached hydrogens (primary N) is 1. The van der Waals surface area contributed by atoms with Gasteiger partial charge in [-0.15, -0.1) is 10.2 Å². The molecule has 1 amide bonds. The molecule has 140 valence electrons. The number of hydrogen-bond donors (Lipinski definition) is 1. The molecule has 7 heteroatoms. The van der Waals surface area contributed by atoms with Crippen molar-refractivity contribution < 1.29 is 4.79 Å². The Hall–Kier alpha value is -1.47. The lowest BCUT2D eigenvalue weighted by Gasteiger charge is -2.31. The zero-order chi connectivity index (χ0) is 17.6. The molecule has 0 saturated carbocycles. The van der Waals surface area contributed by atoms with Gasteiger partial charge in [0.2, 0.25) is 5.91 Å². The highest BCUT2D eigenvalue weighted by atomic mass is 16.2. The Morgan fingerprint density at radius 2 is 1.76 bits per heavy atom. The van der Waals surface area contributed by atoms with Crippen LogP contribution in [0.15, 0.2) is 0 Å². The van der Waals surface area contributed by atoms with Gasteiger partial charge in [0.05, 0.1) is 6.54 Å². The molecule has 0 aromatic carbocycles. The summed E-state index contributed by atoms with van der Waals surface area (Å²) in [6.07, 6.45) is 7.66. The highest BCUT2D eigenvalue weighted by Crippen LogP contribution is 2.27. The maximum atomic E-state index is 12.0. The lowest BCUT2D eigenvalue weighted by molar-refractivity contribution is -0.132. The van der Waals surface area contributed by atoms with Gasteiger partial charge in [0.25, 0.3) is 0 Å². The topological polar surface area (TPSA) is 80.3 Å². The van der Waals surface area contributed by atoms with E-state index in [1.807, 2.05) is 4.90 Å². The number of nitrogens with zero attached hydrogens (tertiary/aromatic N) is 5. The predicted molar refractivity (Wildman–Crippen MR) is 97.0 cm³/mol. The van der Waals surface area contributed by atoms with Gasteiger partial charge in [-0.05, 0) is 38.8 Å². The van der Waals surface area contributed by atoms with Crippen LogP contribution < -0.4 is 5.73 Å². The fourth-order valence-electron chi connectivity index (χ4n) is 4.03. The van der Waals surface area contributed by atoms with Crippen LogP contribution in [0.4, 0.5) is 0 Å². The molecule has 2 N–H and O–H groups in total. The van der Waals surface area contributed by atoms with Crippen molar-refractivity contribution in [1.82, 2.24) is 24.6 Å². The minimum absolute atomic E-state index is 0.181. The zero-order valence-corrected chi connectivity index (χ0v) is 15.5. The molecule has 1 aromatic rings. The summed E-state index contributed by atoms with van der Waals surface area (Å²) < 4.78 is 2.19. The first-order chi connectivity index (χ1) is 12.2. The average molecular weight is 348 g/mol. The summed E-state index contributed by atoms with van der Waals surface area (Å²) in [5.74, 6) is 2.73. The Balaban J connectivity index is 1.57. The molecule has 1 aromatic heterocycles. The number of rotatable bonds is 5. The third-order valence-corrected chi connectivity index (χ3v) is 5.63. The van der Waals surface area contributed by atoms with Gasteiger partial charge in [-0.2, -0.15) is 0 Å². The Kier molecular flexibility index (Phi) is 6.42. The van der Waals surface area contributed by atoms with E-state index in [1.54, 1.807) is 0 Å². The van der Waals surface area contributed by atoms with E-state index in [1.165, 1.54) is 38.8 Å². The van der Waals surface area contributed by atoms with Crippen LogP contribution in [0, 0.1) is 0 Å². The third-order valence-electron chi connectivity index (χ3n) is 5.63. The molecular weight excluding hydrogens is 316 g/mol. The second kappa shape index (κ2) is 8.76. The van der Waals surface area contributed by atoms with Crippen LogP contribution in [-0.2, 0) is 18.4 Å². The Labute approximate surface area is 150 Å². The molecule has 0 aliphatic carbocycles. The van der Waals surface area contributed by atoms with Crippen LogP contribution in [-0.4, -0.2) is 63.2 Å². The molecule has 3 rings (SSSR count). The lowest BCUT2D eigenvalue weighted by Crippen LogP contribution is -2.39. The summed E-state index contributed by atoms with van der Waals surface area (Å²) in [7, 11) is 2.09. The van der Waals surface area contributed by atoms with Gasteiger partial charge in [0.15, 0.2) is 0 Å². The van der Waals surface area contributed by atoms with Gasteiger partial charge in [-0.3, -0.25) is 9.69 Å². The first-order valence-corrected chi connectivity index (χ1v) is 9.77. The molecule has 3 heterocycles. The molecule has 2 fully saturated rings. The number of carbonyl (C=O) groups excluding carboxylic acids is 1. The number of hydrogen-bond acceptors (Lipinski definition) is 5. The van der Waals surface area contributed by atoms with Crippen molar-refractivity contribution in [3.8, 4) is 0 Å². The summed E-state index contributed by atoms with van der Waals surface area (Å²) in [5.41, 5.74) is 5.49. The SMILES string of the molecule is Cn1c(CN2CCCCCC2)nnc1C1CCN(C(=O)CCN)CC1. The summed E-state index contributed by atoms with van der Waals surface area (Å²) in [6, 6.07) is 0. The van der Waals surface area contributed by atoms with E-state index in [4.69, 9.17) is 5.73 Å². The van der Waals surface area contributed by atoms with Gasteiger partial charge < -0.3 is 15.2 Å². The maximum Gasteiger partial charge on any atom is 0.223 e. The van der Waals surface area contributed by atoms with Crippen LogP contribution in [0.1, 0.15) is 62.5 Å². The Morgan fingerprint density at radius 1 is 1.08 bits per heavy atom. The summed E-state index contributed by atoms with van der Waals surface area (Å²) >= 11 is 0. The van der Waals surface area contributed by atoms with Crippen molar-refractivity contribution in [2.75, 3.05) is 32.7 Å². The highest BCUT2D eigenvalue weighted by Gasteiger charge is 2.27. The van der Waals surface area contributed by atoms with Gasteiger partial charge in [-0.1, -0.05) is 12.8 Å². The van der Waals surface area contributed by atoms with E-state index in [-0.39, 0.29) is 5.91 Å². The standard InChI is InChI=1S/C18H32N6O/c1-22-16(14-23-10-4-2-3-5-11-23)20-21-18(22)15-7-12-24(13-8-15)17(25)6-9-19/h15H,2-14,19H2,1H3. The maximum absolute atomic E-state index is 12.0. The van der Waals surface area contributed by atoms with E-state index in [0.717, 1.165) is 44.1 Å². The number of carbonyl (C=O) groups is 1. The van der Waals surface area contributed by atoms with Crippen molar-refractivity contribution in [3.05, 3.63) is 11.6 Å². The van der Waals surface area contributed by atoms with Crippen LogP contribution >= 0.6 is 0 Å². The largest absolute Gasteiger partial charge is 0.343 e. The van der Waals surface area contributed by atoms with E-state index in [9.17, 15) is 4.79 Å². The molecule has 7 nitrogen and oxygen atoms in total. The normalized spacial score (nSPS) is 20.6. The molecule has 2 aliphatic heterocycles. The van der Waals surface area contributed by atoms with E-state index in [0.29, 0.717) is 18.9 Å². The second-order valence-corrected chi connectivity index (χ2v) is 7.42. The van der Waals surface area contributed by atoms with Crippen molar-refractivity contribution in [3.63, 3.8) is 0 Å². The van der Waals surface area contributed by atoms with Crippen molar-refractivity contribution >= 4 is 5.91 Å². The summed E-state index contributed by atoms with van der Waals surface area (Å²) in [5, 5.41) is 8.97. The molecule has 0 atom stereocenters. The summed E-state index contributed by atoms with van der Waals surface area (Å²) in [6.45, 7) is 5.28. The fourth-order valence-corrected chi connectivity index (χ4v) is 4.03. The van der Waals surface area contributed by atoms with Crippen LogP contribution in [0.2, 0.25) is 0 Å². The molecule has 0 unspecified atom stereocenters. The van der Waals surface area contributed by atoms with Crippen molar-refractivity contribution in [1.29, 1.82) is 0 Å². The minimum atomic E-state index is 0.181. The lowest BCUT2D eigenvalue weighted by atomic mass is 9.95. The van der Waals surface area contributed by atoms with Gasteiger partial charge >= 0.3 is 0 Å². The van der Waals surface area contributed by atoms with E-state index < -0.39 is 0 Å². The van der Waals surface area contributed by atoms with Crippen LogP contribution in [0.5, 0.6) is 0 Å². The smallest absolute Gasteiger partial charge is 0.223 e. The minimum Gasteiger partial charge on any atom is -0.343 e. The number of likely N-dealkylation sites (tertiary alicyclic amines) is 2. The molecule has 25 heavy (non-hydrogen) atoms. The second-order valence-electron chi connectivity index (χ2n) is 7.42. The van der Waals surface area contributed by atoms with Crippen molar-refractivity contribution in [2.24, 2.45) is 12.8 Å². The molecule has 0 spiro atoms. The van der Waals surface area contributed by atoms with Crippen LogP contribution in [0.25, 0.3) is 0 Å². The number of amides is 1. The van der Waals surface area contributed by atoms with Crippen LogP contribution in [0.3, 0.4) is 0 Å². The quantitative estimate of drug-likeness (QED) is 0.866. The monoisotopic (exact) mass is 348 g/mol.